The quantitative estimate of drug-likeness (QED) is 0.404. The lowest BCUT2D eigenvalue weighted by atomic mass is 10.0. The van der Waals surface area contributed by atoms with Crippen LogP contribution in [0.5, 0.6) is 0 Å². The van der Waals surface area contributed by atoms with E-state index in [0.717, 1.165) is 12.1 Å². The summed E-state index contributed by atoms with van der Waals surface area (Å²) in [5, 5.41) is 18.8. The molecule has 0 aliphatic carbocycles. The Kier molecular flexibility index (Phi) is 9.53. The number of hydrogen-bond donors (Lipinski definition) is 4. The van der Waals surface area contributed by atoms with Gasteiger partial charge in [-0.25, -0.2) is 0 Å². The van der Waals surface area contributed by atoms with Gasteiger partial charge in [0, 0.05) is 31.5 Å². The largest absolute Gasteiger partial charge is 0.396 e. The molecule has 0 fully saturated rings. The summed E-state index contributed by atoms with van der Waals surface area (Å²) in [7, 11) is 0. The maximum Gasteiger partial charge on any atom is 0.221 e. The van der Waals surface area contributed by atoms with Crippen molar-refractivity contribution >= 4 is 11.9 Å². The zero-order valence-electron chi connectivity index (χ0n) is 14.9. The summed E-state index contributed by atoms with van der Waals surface area (Å²) < 4.78 is 0. The lowest BCUT2D eigenvalue weighted by molar-refractivity contribution is -0.121. The maximum atomic E-state index is 11.6. The van der Waals surface area contributed by atoms with Crippen molar-refractivity contribution in [3.63, 3.8) is 0 Å². The number of amides is 1. The monoisotopic (exact) mass is 334 g/mol. The van der Waals surface area contributed by atoms with Crippen LogP contribution < -0.4 is 16.0 Å². The van der Waals surface area contributed by atoms with E-state index in [1.165, 1.54) is 0 Å². The number of carbonyl (C=O) groups is 1. The highest BCUT2D eigenvalue weighted by Crippen LogP contribution is 2.14. The molecule has 1 unspecified atom stereocenters. The fourth-order valence-electron chi connectivity index (χ4n) is 2.23. The number of aliphatic hydroxyl groups excluding tert-OH is 1. The first kappa shape index (κ1) is 20.0. The van der Waals surface area contributed by atoms with Crippen LogP contribution >= 0.6 is 0 Å². The van der Waals surface area contributed by atoms with Gasteiger partial charge in [0.05, 0.1) is 13.2 Å². The number of carbonyl (C=O) groups excluding carboxylic acids is 1. The molecule has 1 aromatic rings. The number of nitrogens with one attached hydrogen (secondary N) is 3. The lowest BCUT2D eigenvalue weighted by Crippen LogP contribution is -2.40. The second kappa shape index (κ2) is 11.5. The lowest BCUT2D eigenvalue weighted by Gasteiger charge is -2.15. The Labute approximate surface area is 144 Å². The predicted octanol–water partition coefficient (Wildman–Crippen LogP) is 1.23. The molecule has 0 saturated carbocycles. The number of rotatable bonds is 9. The van der Waals surface area contributed by atoms with Crippen LogP contribution in [0.2, 0.25) is 0 Å². The first-order chi connectivity index (χ1) is 11.6. The second-order valence-electron chi connectivity index (χ2n) is 5.91. The molecule has 0 aliphatic rings. The van der Waals surface area contributed by atoms with Crippen LogP contribution in [0.15, 0.2) is 35.3 Å². The molecule has 1 amide bonds. The summed E-state index contributed by atoms with van der Waals surface area (Å²) in [5.74, 6) is 0.640. The number of benzene rings is 1. The molecular formula is C18H30N4O2. The number of nitrogens with zero attached hydrogens (tertiary/aromatic N) is 1. The molecule has 6 heteroatoms. The minimum atomic E-state index is -0.0362. The van der Waals surface area contributed by atoms with Crippen molar-refractivity contribution in [2.75, 3.05) is 26.2 Å². The van der Waals surface area contributed by atoms with Crippen LogP contribution in [0.1, 0.15) is 38.7 Å². The molecule has 0 aliphatic heterocycles. The van der Waals surface area contributed by atoms with Gasteiger partial charge in [-0.3, -0.25) is 9.79 Å². The Hall–Kier alpha value is -2.08. The normalized spacial score (nSPS) is 12.8. The number of aliphatic imine (C=N–C) groups is 1. The Morgan fingerprint density at radius 1 is 1.21 bits per heavy atom. The Morgan fingerprint density at radius 2 is 1.92 bits per heavy atom. The molecule has 0 saturated heterocycles. The van der Waals surface area contributed by atoms with Crippen molar-refractivity contribution in [2.24, 2.45) is 4.99 Å². The van der Waals surface area contributed by atoms with Crippen LogP contribution in [0.4, 0.5) is 0 Å². The summed E-state index contributed by atoms with van der Waals surface area (Å²) in [6.07, 6.45) is 0.394. The van der Waals surface area contributed by atoms with Gasteiger partial charge in [-0.05, 0) is 26.3 Å². The molecule has 134 valence electrons. The molecule has 0 radical (unpaired) electrons. The van der Waals surface area contributed by atoms with E-state index in [9.17, 15) is 9.90 Å². The van der Waals surface area contributed by atoms with Gasteiger partial charge in [0.25, 0.3) is 0 Å². The Balaban J connectivity index is 2.53. The Morgan fingerprint density at radius 3 is 2.50 bits per heavy atom. The van der Waals surface area contributed by atoms with E-state index in [-0.39, 0.29) is 24.5 Å². The molecule has 0 spiro atoms. The first-order valence-corrected chi connectivity index (χ1v) is 8.54. The van der Waals surface area contributed by atoms with E-state index in [0.29, 0.717) is 25.5 Å². The fraction of sp³-hybridized carbons (Fsp3) is 0.556. The highest BCUT2D eigenvalue weighted by atomic mass is 16.3. The summed E-state index contributed by atoms with van der Waals surface area (Å²) in [4.78, 5) is 16.2. The van der Waals surface area contributed by atoms with Crippen molar-refractivity contribution in [3.05, 3.63) is 35.9 Å². The van der Waals surface area contributed by atoms with Crippen LogP contribution in [0.3, 0.4) is 0 Å². The topological polar surface area (TPSA) is 85.8 Å². The van der Waals surface area contributed by atoms with Crippen molar-refractivity contribution in [3.8, 4) is 0 Å². The maximum absolute atomic E-state index is 11.6. The van der Waals surface area contributed by atoms with Crippen LogP contribution in [0, 0.1) is 0 Å². The van der Waals surface area contributed by atoms with E-state index in [1.54, 1.807) is 0 Å². The van der Waals surface area contributed by atoms with Gasteiger partial charge in [-0.2, -0.15) is 0 Å². The van der Waals surface area contributed by atoms with Gasteiger partial charge in [0.15, 0.2) is 5.96 Å². The van der Waals surface area contributed by atoms with Crippen molar-refractivity contribution in [1.29, 1.82) is 0 Å². The third-order valence-corrected chi connectivity index (χ3v) is 3.40. The van der Waals surface area contributed by atoms with E-state index < -0.39 is 0 Å². The van der Waals surface area contributed by atoms with Gasteiger partial charge in [0.2, 0.25) is 5.91 Å². The van der Waals surface area contributed by atoms with Gasteiger partial charge in [-0.15, -0.1) is 0 Å². The Bertz CT molecular complexity index is 503. The number of aliphatic hydroxyl groups is 1. The zero-order valence-corrected chi connectivity index (χ0v) is 14.9. The third kappa shape index (κ3) is 7.97. The van der Waals surface area contributed by atoms with Crippen LogP contribution in [-0.4, -0.2) is 49.3 Å². The average Bonchev–Trinajstić information content (AvgIpc) is 2.55. The predicted molar refractivity (Wildman–Crippen MR) is 98.1 cm³/mol. The minimum absolute atomic E-state index is 0.0193. The number of guanidine groups is 1. The van der Waals surface area contributed by atoms with Crippen molar-refractivity contribution < 1.29 is 9.90 Å². The molecule has 24 heavy (non-hydrogen) atoms. The fourth-order valence-corrected chi connectivity index (χ4v) is 2.23. The smallest absolute Gasteiger partial charge is 0.221 e. The minimum Gasteiger partial charge on any atom is -0.396 e. The molecule has 0 bridgehead atoms. The van der Waals surface area contributed by atoms with Gasteiger partial charge in [-0.1, -0.05) is 30.3 Å². The zero-order chi connectivity index (χ0) is 17.8. The molecule has 4 N–H and O–H groups in total. The van der Waals surface area contributed by atoms with Crippen molar-refractivity contribution in [1.82, 2.24) is 16.0 Å². The second-order valence-corrected chi connectivity index (χ2v) is 5.91. The van der Waals surface area contributed by atoms with Gasteiger partial charge in [0.1, 0.15) is 0 Å². The van der Waals surface area contributed by atoms with Crippen molar-refractivity contribution in [2.45, 2.75) is 39.2 Å². The summed E-state index contributed by atoms with van der Waals surface area (Å²) in [5.41, 5.74) is 1.07. The molecule has 1 rings (SSSR count). The highest BCUT2D eigenvalue weighted by molar-refractivity contribution is 5.81. The van der Waals surface area contributed by atoms with E-state index in [2.05, 4.69) is 20.9 Å². The molecule has 0 aromatic heterocycles. The first-order valence-electron chi connectivity index (χ1n) is 8.54. The summed E-state index contributed by atoms with van der Waals surface area (Å²) in [6.45, 7) is 7.64. The molecule has 6 nitrogen and oxygen atoms in total. The SMILES string of the molecule is CCNC(=NCC(CO)c1ccccc1)NCCC(=O)NC(C)C. The summed E-state index contributed by atoms with van der Waals surface area (Å²) >= 11 is 0. The van der Waals surface area contributed by atoms with Crippen LogP contribution in [0.25, 0.3) is 0 Å². The molecule has 0 heterocycles. The van der Waals surface area contributed by atoms with E-state index >= 15 is 0 Å². The third-order valence-electron chi connectivity index (χ3n) is 3.40. The molecule has 1 aromatic carbocycles. The highest BCUT2D eigenvalue weighted by Gasteiger charge is 2.10. The van der Waals surface area contributed by atoms with E-state index in [4.69, 9.17) is 0 Å². The van der Waals surface area contributed by atoms with Crippen LogP contribution in [-0.2, 0) is 4.79 Å². The van der Waals surface area contributed by atoms with Gasteiger partial charge < -0.3 is 21.1 Å². The molecular weight excluding hydrogens is 304 g/mol. The van der Waals surface area contributed by atoms with Gasteiger partial charge >= 0.3 is 0 Å². The number of hydrogen-bond acceptors (Lipinski definition) is 3. The average molecular weight is 334 g/mol. The standard InChI is InChI=1S/C18H30N4O2/c1-4-19-18(20-11-10-17(24)22-14(2)3)21-12-16(13-23)15-8-6-5-7-9-15/h5-9,14,16,23H,4,10-13H2,1-3H3,(H,22,24)(H2,19,20,21). The van der Waals surface area contributed by atoms with E-state index in [1.807, 2.05) is 51.1 Å². The summed E-state index contributed by atoms with van der Waals surface area (Å²) in [6, 6.07) is 10.0. The molecule has 1 atom stereocenters.